The summed E-state index contributed by atoms with van der Waals surface area (Å²) in [6, 6.07) is 17.2. The van der Waals surface area contributed by atoms with Gasteiger partial charge in [0.2, 0.25) is 0 Å². The van der Waals surface area contributed by atoms with Gasteiger partial charge in [0.05, 0.1) is 6.04 Å². The van der Waals surface area contributed by atoms with E-state index in [0.29, 0.717) is 28.0 Å². The van der Waals surface area contributed by atoms with Crippen LogP contribution in [0.15, 0.2) is 73.1 Å². The highest BCUT2D eigenvalue weighted by molar-refractivity contribution is 6.04. The SMILES string of the molecule is NCC(Nc1ncnc2c(OC(N)=O)cccc12)c1cccc(NC(=O)c2ccc(F)cc2)c1. The standard InChI is InChI=1S/C24H21FN6O3/c25-16-9-7-14(8-10-16)23(32)30-17-4-1-3-15(11-17)19(12-26)31-22-18-5-2-6-20(34-24(27)33)21(18)28-13-29-22/h1-11,13,19H,12,26H2,(H2,27,33)(H,30,32)(H,28,29,31). The Hall–Kier alpha value is -4.57. The normalized spacial score (nSPS) is 11.6. The van der Waals surface area contributed by atoms with Crippen molar-refractivity contribution in [2.24, 2.45) is 11.5 Å². The minimum Gasteiger partial charge on any atom is -0.408 e. The molecule has 0 radical (unpaired) electrons. The van der Waals surface area contributed by atoms with Crippen LogP contribution in [-0.2, 0) is 0 Å². The fraction of sp³-hybridized carbons (Fsp3) is 0.0833. The maximum absolute atomic E-state index is 13.1. The van der Waals surface area contributed by atoms with Gasteiger partial charge in [-0.25, -0.2) is 19.2 Å². The molecular formula is C24H21FN6O3. The van der Waals surface area contributed by atoms with Gasteiger partial charge in [0.15, 0.2) is 5.75 Å². The molecule has 9 nitrogen and oxygen atoms in total. The molecule has 4 rings (SSSR count). The van der Waals surface area contributed by atoms with Crippen molar-refractivity contribution in [1.29, 1.82) is 0 Å². The minimum absolute atomic E-state index is 0.213. The molecule has 0 aliphatic carbocycles. The van der Waals surface area contributed by atoms with Gasteiger partial charge in [-0.3, -0.25) is 4.79 Å². The summed E-state index contributed by atoms with van der Waals surface area (Å²) in [5, 5.41) is 6.70. The first-order chi connectivity index (χ1) is 16.4. The van der Waals surface area contributed by atoms with Crippen LogP contribution in [0.5, 0.6) is 5.75 Å². The molecule has 4 aromatic rings. The van der Waals surface area contributed by atoms with Crippen molar-refractivity contribution >= 4 is 34.4 Å². The summed E-state index contributed by atoms with van der Waals surface area (Å²) in [5.74, 6) is -0.0829. The summed E-state index contributed by atoms with van der Waals surface area (Å²) in [6.45, 7) is 0.221. The van der Waals surface area contributed by atoms with Crippen LogP contribution in [-0.4, -0.2) is 28.5 Å². The number of halogens is 1. The van der Waals surface area contributed by atoms with E-state index in [1.54, 1.807) is 36.4 Å². The summed E-state index contributed by atoms with van der Waals surface area (Å²) in [6.07, 6.45) is 0.394. The molecule has 0 saturated carbocycles. The molecule has 1 unspecified atom stereocenters. The van der Waals surface area contributed by atoms with Gasteiger partial charge in [0.1, 0.15) is 23.5 Å². The molecule has 0 bridgehead atoms. The lowest BCUT2D eigenvalue weighted by molar-refractivity contribution is 0.102. The number of para-hydroxylation sites is 1. The fourth-order valence-electron chi connectivity index (χ4n) is 3.45. The molecule has 0 aliphatic heterocycles. The zero-order chi connectivity index (χ0) is 24.1. The number of anilines is 2. The van der Waals surface area contributed by atoms with Gasteiger partial charge in [-0.15, -0.1) is 0 Å². The number of carbonyl (C=O) groups is 2. The van der Waals surface area contributed by atoms with Gasteiger partial charge in [0.25, 0.3) is 5.91 Å². The van der Waals surface area contributed by atoms with E-state index >= 15 is 0 Å². The topological polar surface area (TPSA) is 145 Å². The number of hydrogen-bond acceptors (Lipinski definition) is 7. The number of fused-ring (bicyclic) bond motifs is 1. The van der Waals surface area contributed by atoms with Gasteiger partial charge < -0.3 is 26.8 Å². The van der Waals surface area contributed by atoms with Crippen LogP contribution in [0.2, 0.25) is 0 Å². The van der Waals surface area contributed by atoms with Crippen LogP contribution >= 0.6 is 0 Å². The lowest BCUT2D eigenvalue weighted by atomic mass is 10.1. The second kappa shape index (κ2) is 9.92. The van der Waals surface area contributed by atoms with Crippen molar-refractivity contribution in [1.82, 2.24) is 9.97 Å². The third-order valence-corrected chi connectivity index (χ3v) is 5.04. The molecule has 172 valence electrons. The first-order valence-corrected chi connectivity index (χ1v) is 10.3. The molecule has 2 amide bonds. The Kier molecular flexibility index (Phi) is 6.60. The number of nitrogens with zero attached hydrogens (tertiary/aromatic N) is 2. The van der Waals surface area contributed by atoms with E-state index in [1.807, 2.05) is 6.07 Å². The number of nitrogens with one attached hydrogen (secondary N) is 2. The second-order valence-corrected chi connectivity index (χ2v) is 7.31. The molecule has 1 aromatic heterocycles. The highest BCUT2D eigenvalue weighted by atomic mass is 19.1. The fourth-order valence-corrected chi connectivity index (χ4v) is 3.45. The number of aromatic nitrogens is 2. The van der Waals surface area contributed by atoms with E-state index in [0.717, 1.165) is 5.56 Å². The third-order valence-electron chi connectivity index (χ3n) is 5.04. The monoisotopic (exact) mass is 460 g/mol. The third kappa shape index (κ3) is 5.08. The molecular weight excluding hydrogens is 439 g/mol. The number of hydrogen-bond donors (Lipinski definition) is 4. The van der Waals surface area contributed by atoms with Crippen molar-refractivity contribution in [2.45, 2.75) is 6.04 Å². The van der Waals surface area contributed by atoms with E-state index in [-0.39, 0.29) is 24.2 Å². The molecule has 1 atom stereocenters. The van der Waals surface area contributed by atoms with Crippen molar-refractivity contribution in [3.05, 3.63) is 90.0 Å². The van der Waals surface area contributed by atoms with Gasteiger partial charge in [-0.1, -0.05) is 18.2 Å². The van der Waals surface area contributed by atoms with E-state index in [2.05, 4.69) is 20.6 Å². The first-order valence-electron chi connectivity index (χ1n) is 10.3. The van der Waals surface area contributed by atoms with Crippen LogP contribution in [0.25, 0.3) is 10.9 Å². The average molecular weight is 460 g/mol. The number of primary amides is 1. The Balaban J connectivity index is 1.57. The summed E-state index contributed by atoms with van der Waals surface area (Å²) in [4.78, 5) is 32.2. The molecule has 1 heterocycles. The summed E-state index contributed by atoms with van der Waals surface area (Å²) < 4.78 is 18.2. The quantitative estimate of drug-likeness (QED) is 0.330. The van der Waals surface area contributed by atoms with E-state index < -0.39 is 11.9 Å². The highest BCUT2D eigenvalue weighted by Crippen LogP contribution is 2.30. The van der Waals surface area contributed by atoms with E-state index in [4.69, 9.17) is 16.2 Å². The number of nitrogens with two attached hydrogens (primary N) is 2. The lowest BCUT2D eigenvalue weighted by Gasteiger charge is -2.20. The molecule has 10 heteroatoms. The molecule has 34 heavy (non-hydrogen) atoms. The van der Waals surface area contributed by atoms with Gasteiger partial charge >= 0.3 is 6.09 Å². The zero-order valence-corrected chi connectivity index (χ0v) is 17.9. The van der Waals surface area contributed by atoms with Crippen LogP contribution < -0.4 is 26.8 Å². The number of rotatable bonds is 7. The maximum atomic E-state index is 13.1. The number of ether oxygens (including phenoxy) is 1. The Morgan fingerprint density at radius 3 is 2.53 bits per heavy atom. The first kappa shape index (κ1) is 22.6. The van der Waals surface area contributed by atoms with Crippen LogP contribution in [0.4, 0.5) is 20.7 Å². The Morgan fingerprint density at radius 2 is 1.79 bits per heavy atom. The predicted octanol–water partition coefficient (Wildman–Crippen LogP) is 3.59. The second-order valence-electron chi connectivity index (χ2n) is 7.31. The number of benzene rings is 3. The Labute approximate surface area is 194 Å². The van der Waals surface area contributed by atoms with Gasteiger partial charge in [-0.2, -0.15) is 0 Å². The van der Waals surface area contributed by atoms with Crippen LogP contribution in [0.3, 0.4) is 0 Å². The minimum atomic E-state index is -0.944. The zero-order valence-electron chi connectivity index (χ0n) is 17.9. The van der Waals surface area contributed by atoms with Gasteiger partial charge in [-0.05, 0) is 54.1 Å². The van der Waals surface area contributed by atoms with Crippen molar-refractivity contribution < 1.29 is 18.7 Å². The molecule has 6 N–H and O–H groups in total. The van der Waals surface area contributed by atoms with Crippen LogP contribution in [0, 0.1) is 5.82 Å². The Bertz CT molecular complexity index is 1350. The van der Waals surface area contributed by atoms with E-state index in [9.17, 15) is 14.0 Å². The Morgan fingerprint density at radius 1 is 1.03 bits per heavy atom. The maximum Gasteiger partial charge on any atom is 0.410 e. The van der Waals surface area contributed by atoms with Gasteiger partial charge in [0, 0.05) is 23.2 Å². The largest absolute Gasteiger partial charge is 0.410 e. The molecule has 3 aromatic carbocycles. The lowest BCUT2D eigenvalue weighted by Crippen LogP contribution is -2.22. The van der Waals surface area contributed by atoms with Crippen molar-refractivity contribution in [3.63, 3.8) is 0 Å². The molecule has 0 saturated heterocycles. The average Bonchev–Trinajstić information content (AvgIpc) is 2.83. The van der Waals surface area contributed by atoms with E-state index in [1.165, 1.54) is 30.6 Å². The van der Waals surface area contributed by atoms with Crippen LogP contribution in [0.1, 0.15) is 22.0 Å². The van der Waals surface area contributed by atoms with Crippen molar-refractivity contribution in [3.8, 4) is 5.75 Å². The smallest absolute Gasteiger partial charge is 0.408 e. The summed E-state index contributed by atoms with van der Waals surface area (Å²) in [5.41, 5.74) is 13.3. The summed E-state index contributed by atoms with van der Waals surface area (Å²) >= 11 is 0. The summed E-state index contributed by atoms with van der Waals surface area (Å²) in [7, 11) is 0. The highest BCUT2D eigenvalue weighted by Gasteiger charge is 2.16. The number of carbonyl (C=O) groups excluding carboxylic acids is 2. The predicted molar refractivity (Wildman–Crippen MR) is 126 cm³/mol. The number of amides is 2. The molecule has 0 fully saturated rings. The molecule has 0 spiro atoms. The van der Waals surface area contributed by atoms with Crippen molar-refractivity contribution in [2.75, 3.05) is 17.2 Å². The molecule has 0 aliphatic rings.